The van der Waals surface area contributed by atoms with Gasteiger partial charge in [-0.1, -0.05) is 45.7 Å². The Balaban J connectivity index is 1.87. The van der Waals surface area contributed by atoms with E-state index in [1.807, 2.05) is 42.5 Å². The Bertz CT molecular complexity index is 1100. The summed E-state index contributed by atoms with van der Waals surface area (Å²) >= 11 is 13.3. The predicted octanol–water partition coefficient (Wildman–Crippen LogP) is 6.42. The number of carbonyl (C=O) groups excluding carboxylic acids is 1. The second-order valence-corrected chi connectivity index (χ2v) is 8.41. The second kappa shape index (κ2) is 9.04. The van der Waals surface area contributed by atoms with Crippen LogP contribution in [0.1, 0.15) is 28.5 Å². The first-order chi connectivity index (χ1) is 14.5. The number of hydrogen-bond donors (Lipinski definition) is 0. The van der Waals surface area contributed by atoms with E-state index in [0.29, 0.717) is 33.5 Å². The van der Waals surface area contributed by atoms with Crippen molar-refractivity contribution in [1.82, 2.24) is 4.57 Å². The van der Waals surface area contributed by atoms with Gasteiger partial charge >= 0.3 is 5.97 Å². The van der Waals surface area contributed by atoms with Crippen molar-refractivity contribution >= 4 is 49.4 Å². The molecule has 0 saturated heterocycles. The summed E-state index contributed by atoms with van der Waals surface area (Å²) in [4.78, 5) is 12.8. The van der Waals surface area contributed by atoms with Crippen molar-refractivity contribution in [2.45, 2.75) is 18.8 Å². The van der Waals surface area contributed by atoms with Gasteiger partial charge in [-0.15, -0.1) is 0 Å². The summed E-state index contributed by atoms with van der Waals surface area (Å²) in [5, 5.41) is 1.13. The standard InChI is InChI=1S/C22H18Br2ClNO4/c1-2-28-22(27)19-16(10-23)26(11-13-3-8-17-18(9-13)30-12-29-17)21(20(19)24)14-4-6-15(25)7-5-14/h3-9H,2,10-12H2,1H3. The van der Waals surface area contributed by atoms with Crippen LogP contribution in [0.5, 0.6) is 11.5 Å². The molecule has 8 heteroatoms. The normalized spacial score (nSPS) is 12.3. The monoisotopic (exact) mass is 553 g/mol. The van der Waals surface area contributed by atoms with Gasteiger partial charge in [0.15, 0.2) is 11.5 Å². The molecule has 0 atom stereocenters. The highest BCUT2D eigenvalue weighted by atomic mass is 79.9. The van der Waals surface area contributed by atoms with Crippen LogP contribution in [-0.2, 0) is 16.6 Å². The van der Waals surface area contributed by atoms with E-state index in [2.05, 4.69) is 36.4 Å². The van der Waals surface area contributed by atoms with E-state index in [1.165, 1.54) is 0 Å². The molecule has 0 spiro atoms. The highest BCUT2D eigenvalue weighted by Gasteiger charge is 2.27. The number of esters is 1. The lowest BCUT2D eigenvalue weighted by molar-refractivity contribution is 0.0524. The molecule has 3 aromatic rings. The van der Waals surface area contributed by atoms with Gasteiger partial charge in [0, 0.05) is 22.6 Å². The van der Waals surface area contributed by atoms with Gasteiger partial charge in [0.1, 0.15) is 0 Å². The summed E-state index contributed by atoms with van der Waals surface area (Å²) < 4.78 is 19.1. The smallest absolute Gasteiger partial charge is 0.341 e. The maximum atomic E-state index is 12.8. The number of alkyl halides is 1. The molecule has 0 bridgehead atoms. The second-order valence-electron chi connectivity index (χ2n) is 6.62. The molecule has 0 N–H and O–H groups in total. The summed E-state index contributed by atoms with van der Waals surface area (Å²) in [5.41, 5.74) is 4.17. The quantitative estimate of drug-likeness (QED) is 0.260. The molecule has 0 saturated carbocycles. The molecule has 30 heavy (non-hydrogen) atoms. The first kappa shape index (κ1) is 21.3. The van der Waals surface area contributed by atoms with Gasteiger partial charge in [-0.05, 0) is 58.2 Å². The Labute approximate surface area is 196 Å². The molecular formula is C22H18Br2ClNO4. The minimum Gasteiger partial charge on any atom is -0.462 e. The molecule has 1 aliphatic heterocycles. The molecule has 156 valence electrons. The highest BCUT2D eigenvalue weighted by Crippen LogP contribution is 2.39. The number of benzene rings is 2. The molecule has 1 aliphatic rings. The van der Waals surface area contributed by atoms with E-state index in [0.717, 1.165) is 34.0 Å². The summed E-state index contributed by atoms with van der Waals surface area (Å²) in [6, 6.07) is 13.4. The fraction of sp³-hybridized carbons (Fsp3) is 0.227. The Kier molecular flexibility index (Phi) is 6.41. The van der Waals surface area contributed by atoms with Crippen LogP contribution in [0.25, 0.3) is 11.3 Å². The van der Waals surface area contributed by atoms with Gasteiger partial charge in [0.2, 0.25) is 6.79 Å². The van der Waals surface area contributed by atoms with Crippen LogP contribution >= 0.6 is 43.5 Å². The highest BCUT2D eigenvalue weighted by molar-refractivity contribution is 9.10. The number of ether oxygens (including phenoxy) is 3. The van der Waals surface area contributed by atoms with Gasteiger partial charge in [-0.25, -0.2) is 4.79 Å². The number of fused-ring (bicyclic) bond motifs is 1. The Morgan fingerprint density at radius 3 is 2.60 bits per heavy atom. The summed E-state index contributed by atoms with van der Waals surface area (Å²) in [6.45, 7) is 2.86. The number of halogens is 3. The van der Waals surface area contributed by atoms with E-state index in [1.54, 1.807) is 6.92 Å². The lowest BCUT2D eigenvalue weighted by Gasteiger charge is -2.14. The fourth-order valence-corrected chi connectivity index (χ4v) is 5.01. The van der Waals surface area contributed by atoms with Gasteiger partial charge in [0.05, 0.1) is 22.3 Å². The topological polar surface area (TPSA) is 49.7 Å². The third kappa shape index (κ3) is 3.98. The molecule has 0 amide bonds. The van der Waals surface area contributed by atoms with Crippen LogP contribution in [0.4, 0.5) is 0 Å². The number of nitrogens with zero attached hydrogens (tertiary/aromatic N) is 1. The molecule has 5 nitrogen and oxygen atoms in total. The Morgan fingerprint density at radius 2 is 1.90 bits per heavy atom. The van der Waals surface area contributed by atoms with Gasteiger partial charge < -0.3 is 18.8 Å². The summed E-state index contributed by atoms with van der Waals surface area (Å²) in [6.07, 6.45) is 0. The molecule has 2 heterocycles. The lowest BCUT2D eigenvalue weighted by Crippen LogP contribution is -2.10. The zero-order valence-electron chi connectivity index (χ0n) is 16.1. The van der Waals surface area contributed by atoms with Crippen LogP contribution in [0.3, 0.4) is 0 Å². The molecule has 0 fully saturated rings. The molecule has 1 aromatic heterocycles. The fourth-order valence-electron chi connectivity index (χ4n) is 3.47. The SMILES string of the molecule is CCOC(=O)c1c(Br)c(-c2ccc(Cl)cc2)n(Cc2ccc3c(c2)OCO3)c1CBr. The maximum Gasteiger partial charge on any atom is 0.341 e. The molecule has 0 unspecified atom stereocenters. The number of hydrogen-bond acceptors (Lipinski definition) is 4. The van der Waals surface area contributed by atoms with E-state index < -0.39 is 0 Å². The van der Waals surface area contributed by atoms with E-state index in [-0.39, 0.29) is 12.8 Å². The lowest BCUT2D eigenvalue weighted by atomic mass is 10.1. The number of rotatable bonds is 6. The van der Waals surface area contributed by atoms with E-state index in [9.17, 15) is 4.79 Å². The van der Waals surface area contributed by atoms with Crippen molar-refractivity contribution < 1.29 is 19.0 Å². The van der Waals surface area contributed by atoms with Gasteiger partial charge in [-0.2, -0.15) is 0 Å². The number of aromatic nitrogens is 1. The van der Waals surface area contributed by atoms with Crippen LogP contribution in [0.2, 0.25) is 5.02 Å². The predicted molar refractivity (Wildman–Crippen MR) is 123 cm³/mol. The van der Waals surface area contributed by atoms with Crippen molar-refractivity contribution in [2.75, 3.05) is 13.4 Å². The third-order valence-electron chi connectivity index (χ3n) is 4.81. The van der Waals surface area contributed by atoms with E-state index in [4.69, 9.17) is 25.8 Å². The van der Waals surface area contributed by atoms with Crippen LogP contribution in [0, 0.1) is 0 Å². The molecule has 0 aliphatic carbocycles. The number of carbonyl (C=O) groups is 1. The summed E-state index contributed by atoms with van der Waals surface area (Å²) in [5.74, 6) is 1.09. The van der Waals surface area contributed by atoms with Crippen molar-refractivity contribution in [3.8, 4) is 22.8 Å². The van der Waals surface area contributed by atoms with Crippen LogP contribution < -0.4 is 9.47 Å². The van der Waals surface area contributed by atoms with Gasteiger partial charge in [-0.3, -0.25) is 0 Å². The minimum atomic E-state index is -0.363. The van der Waals surface area contributed by atoms with E-state index >= 15 is 0 Å². The largest absolute Gasteiger partial charge is 0.462 e. The Hall–Kier alpha value is -1.96. The van der Waals surface area contributed by atoms with Crippen molar-refractivity contribution in [3.05, 3.63) is 68.8 Å². The first-order valence-electron chi connectivity index (χ1n) is 9.31. The first-order valence-corrected chi connectivity index (χ1v) is 11.6. The zero-order valence-corrected chi connectivity index (χ0v) is 20.0. The molecule has 0 radical (unpaired) electrons. The summed E-state index contributed by atoms with van der Waals surface area (Å²) in [7, 11) is 0. The Morgan fingerprint density at radius 1 is 1.17 bits per heavy atom. The third-order valence-corrected chi connectivity index (χ3v) is 6.37. The molecular weight excluding hydrogens is 538 g/mol. The average Bonchev–Trinajstić information content (AvgIpc) is 3.30. The maximum absolute atomic E-state index is 12.8. The molecule has 4 rings (SSSR count). The average molecular weight is 556 g/mol. The minimum absolute atomic E-state index is 0.226. The van der Waals surface area contributed by atoms with Crippen molar-refractivity contribution in [1.29, 1.82) is 0 Å². The van der Waals surface area contributed by atoms with Crippen molar-refractivity contribution in [3.63, 3.8) is 0 Å². The zero-order chi connectivity index (χ0) is 21.3. The molecule has 2 aromatic carbocycles. The van der Waals surface area contributed by atoms with Gasteiger partial charge in [0.25, 0.3) is 0 Å². The van der Waals surface area contributed by atoms with Crippen molar-refractivity contribution in [2.24, 2.45) is 0 Å². The van der Waals surface area contributed by atoms with Crippen LogP contribution in [-0.4, -0.2) is 23.9 Å². The van der Waals surface area contributed by atoms with Crippen LogP contribution in [0.15, 0.2) is 46.9 Å².